The fourth-order valence-electron chi connectivity index (χ4n) is 4.84. The molecule has 4 atom stereocenters. The summed E-state index contributed by atoms with van der Waals surface area (Å²) in [6, 6.07) is 17.2. The number of rotatable bonds is 7. The minimum absolute atomic E-state index is 0.144. The van der Waals surface area contributed by atoms with E-state index in [0.717, 1.165) is 36.9 Å². The van der Waals surface area contributed by atoms with Crippen molar-refractivity contribution < 1.29 is 14.4 Å². The van der Waals surface area contributed by atoms with Gasteiger partial charge in [-0.25, -0.2) is 9.96 Å². The number of aryl methyl sites for hydroxylation is 1. The molecular formula is C25H30N2O3. The van der Waals surface area contributed by atoms with E-state index >= 15 is 0 Å². The molecule has 2 heterocycles. The average Bonchev–Trinajstić information content (AvgIpc) is 3.26. The van der Waals surface area contributed by atoms with Crippen molar-refractivity contribution in [3.05, 3.63) is 60.2 Å². The largest absolute Gasteiger partial charge is 0.273 e. The van der Waals surface area contributed by atoms with Crippen LogP contribution >= 0.6 is 0 Å². The Bertz CT molecular complexity index is 914. The van der Waals surface area contributed by atoms with Gasteiger partial charge in [0.15, 0.2) is 6.10 Å². The van der Waals surface area contributed by atoms with Crippen molar-refractivity contribution in [1.82, 2.24) is 0 Å². The molecule has 2 aromatic carbocycles. The van der Waals surface area contributed by atoms with Crippen molar-refractivity contribution in [2.45, 2.75) is 58.6 Å². The Morgan fingerprint density at radius 1 is 0.967 bits per heavy atom. The quantitative estimate of drug-likeness (QED) is 0.614. The normalized spacial score (nSPS) is 24.4. The second-order valence-corrected chi connectivity index (χ2v) is 8.37. The van der Waals surface area contributed by atoms with Crippen LogP contribution in [0.5, 0.6) is 0 Å². The zero-order chi connectivity index (χ0) is 21.3. The van der Waals surface area contributed by atoms with Gasteiger partial charge in [0.1, 0.15) is 0 Å². The van der Waals surface area contributed by atoms with Gasteiger partial charge in [-0.1, -0.05) is 63.4 Å². The summed E-state index contributed by atoms with van der Waals surface area (Å²) in [5, 5.41) is 1.85. The molecule has 30 heavy (non-hydrogen) atoms. The zero-order valence-corrected chi connectivity index (χ0v) is 18.0. The first kappa shape index (κ1) is 20.6. The zero-order valence-electron chi connectivity index (χ0n) is 18.0. The smallest absolute Gasteiger partial charge is 0.266 e. The number of carbonyl (C=O) groups excluding carboxylic acids is 2. The van der Waals surface area contributed by atoms with E-state index in [4.69, 9.17) is 4.84 Å². The molecular weight excluding hydrogens is 376 g/mol. The Morgan fingerprint density at radius 3 is 2.37 bits per heavy atom. The third kappa shape index (κ3) is 3.52. The Labute approximate surface area is 178 Å². The molecule has 0 N–H and O–H groups in total. The molecule has 2 saturated heterocycles. The lowest BCUT2D eigenvalue weighted by Gasteiger charge is -2.33. The Kier molecular flexibility index (Phi) is 5.91. The van der Waals surface area contributed by atoms with Crippen molar-refractivity contribution in [2.75, 3.05) is 9.96 Å². The first-order valence-corrected chi connectivity index (χ1v) is 11.0. The molecule has 2 aromatic rings. The molecule has 0 aromatic heterocycles. The molecule has 2 aliphatic rings. The number of hydroxylamine groups is 1. The standard InChI is InChI=1S/C25H30N2O3/c1-4-6-12-18(5-2)22-21-23(30-27(22)19-13-8-7-9-14-19)25(29)26(24(21)28)20-15-10-11-17(3)16-20/h7-11,13-16,18,21-23H,4-6,12H2,1-3H3/t18-,21-,22+,23+/m1/s1. The SMILES string of the molecule is CCCC[C@@H](CC)[C@H]1[C@H]2C(=O)N(c3cccc(C)c3)C(=O)[C@H]2ON1c1ccccc1. The van der Waals surface area contributed by atoms with Gasteiger partial charge in [0.05, 0.1) is 23.3 Å². The molecule has 0 radical (unpaired) electrons. The highest BCUT2D eigenvalue weighted by atomic mass is 16.7. The van der Waals surface area contributed by atoms with Crippen LogP contribution in [0.1, 0.15) is 45.1 Å². The van der Waals surface area contributed by atoms with Crippen LogP contribution in [0, 0.1) is 18.8 Å². The predicted molar refractivity (Wildman–Crippen MR) is 118 cm³/mol. The number of benzene rings is 2. The summed E-state index contributed by atoms with van der Waals surface area (Å²) >= 11 is 0. The molecule has 2 amide bonds. The summed E-state index contributed by atoms with van der Waals surface area (Å²) in [6.45, 7) is 6.30. The van der Waals surface area contributed by atoms with E-state index < -0.39 is 12.0 Å². The van der Waals surface area contributed by atoms with Crippen LogP contribution < -0.4 is 9.96 Å². The van der Waals surface area contributed by atoms with Crippen LogP contribution in [0.3, 0.4) is 0 Å². The van der Waals surface area contributed by atoms with E-state index in [-0.39, 0.29) is 23.8 Å². The maximum absolute atomic E-state index is 13.6. The Balaban J connectivity index is 1.72. The molecule has 0 aliphatic carbocycles. The van der Waals surface area contributed by atoms with E-state index in [9.17, 15) is 9.59 Å². The fourth-order valence-corrected chi connectivity index (χ4v) is 4.84. The van der Waals surface area contributed by atoms with Crippen LogP contribution in [-0.4, -0.2) is 24.0 Å². The van der Waals surface area contributed by atoms with Crippen LogP contribution in [0.15, 0.2) is 54.6 Å². The third-order valence-corrected chi connectivity index (χ3v) is 6.37. The molecule has 0 bridgehead atoms. The summed E-state index contributed by atoms with van der Waals surface area (Å²) in [5.41, 5.74) is 2.55. The summed E-state index contributed by atoms with van der Waals surface area (Å²) in [5.74, 6) is -0.618. The first-order chi connectivity index (χ1) is 14.6. The summed E-state index contributed by atoms with van der Waals surface area (Å²) in [7, 11) is 0. The number of unbranched alkanes of at least 4 members (excludes halogenated alkanes) is 1. The molecule has 5 nitrogen and oxygen atoms in total. The van der Waals surface area contributed by atoms with Crippen LogP contribution in [0.25, 0.3) is 0 Å². The van der Waals surface area contributed by atoms with Crippen molar-refractivity contribution in [3.63, 3.8) is 0 Å². The van der Waals surface area contributed by atoms with Gasteiger partial charge in [-0.3, -0.25) is 14.4 Å². The number of carbonyl (C=O) groups is 2. The lowest BCUT2D eigenvalue weighted by atomic mass is 9.82. The summed E-state index contributed by atoms with van der Waals surface area (Å²) in [4.78, 5) is 34.5. The molecule has 0 spiro atoms. The van der Waals surface area contributed by atoms with Crippen LogP contribution in [-0.2, 0) is 14.4 Å². The number of anilines is 2. The summed E-state index contributed by atoms with van der Waals surface area (Å²) in [6.07, 6.45) is 3.38. The highest BCUT2D eigenvalue weighted by molar-refractivity contribution is 6.23. The van der Waals surface area contributed by atoms with Crippen molar-refractivity contribution in [2.24, 2.45) is 11.8 Å². The minimum Gasteiger partial charge on any atom is -0.273 e. The molecule has 0 unspecified atom stereocenters. The van der Waals surface area contributed by atoms with Gasteiger partial charge in [-0.2, -0.15) is 0 Å². The van der Waals surface area contributed by atoms with Crippen molar-refractivity contribution in [1.29, 1.82) is 0 Å². The van der Waals surface area contributed by atoms with Gasteiger partial charge in [-0.05, 0) is 49.1 Å². The second kappa shape index (κ2) is 8.60. The summed E-state index contributed by atoms with van der Waals surface area (Å²) < 4.78 is 0. The molecule has 0 saturated carbocycles. The van der Waals surface area contributed by atoms with E-state index in [1.54, 1.807) is 0 Å². The van der Waals surface area contributed by atoms with Crippen molar-refractivity contribution in [3.8, 4) is 0 Å². The molecule has 158 valence electrons. The topological polar surface area (TPSA) is 49.9 Å². The van der Waals surface area contributed by atoms with Crippen molar-refractivity contribution >= 4 is 23.2 Å². The maximum Gasteiger partial charge on any atom is 0.266 e. The third-order valence-electron chi connectivity index (χ3n) is 6.37. The van der Waals surface area contributed by atoms with Gasteiger partial charge >= 0.3 is 0 Å². The van der Waals surface area contributed by atoms with Gasteiger partial charge in [0.2, 0.25) is 5.91 Å². The van der Waals surface area contributed by atoms with Crippen LogP contribution in [0.4, 0.5) is 11.4 Å². The first-order valence-electron chi connectivity index (χ1n) is 11.0. The minimum atomic E-state index is -0.765. The predicted octanol–water partition coefficient (Wildman–Crippen LogP) is 4.89. The molecule has 2 aliphatic heterocycles. The number of hydrogen-bond donors (Lipinski definition) is 0. The Morgan fingerprint density at radius 2 is 1.70 bits per heavy atom. The Hall–Kier alpha value is -2.66. The molecule has 5 heteroatoms. The number of para-hydroxylation sites is 1. The fraction of sp³-hybridized carbons (Fsp3) is 0.440. The van der Waals surface area contributed by atoms with E-state index in [0.29, 0.717) is 5.69 Å². The number of imide groups is 1. The average molecular weight is 407 g/mol. The van der Waals surface area contributed by atoms with Gasteiger partial charge in [0, 0.05) is 0 Å². The monoisotopic (exact) mass is 406 g/mol. The number of nitrogens with zero attached hydrogens (tertiary/aromatic N) is 2. The molecule has 4 rings (SSSR count). The number of hydrogen-bond acceptors (Lipinski definition) is 4. The lowest BCUT2D eigenvalue weighted by molar-refractivity contribution is -0.126. The second-order valence-electron chi connectivity index (χ2n) is 8.37. The van der Waals surface area contributed by atoms with E-state index in [1.165, 1.54) is 4.90 Å². The van der Waals surface area contributed by atoms with Gasteiger partial charge in [0.25, 0.3) is 5.91 Å². The van der Waals surface area contributed by atoms with Crippen LogP contribution in [0.2, 0.25) is 0 Å². The van der Waals surface area contributed by atoms with Gasteiger partial charge < -0.3 is 0 Å². The highest BCUT2D eigenvalue weighted by Crippen LogP contribution is 2.44. The van der Waals surface area contributed by atoms with E-state index in [2.05, 4.69) is 13.8 Å². The van der Waals surface area contributed by atoms with Gasteiger partial charge in [-0.15, -0.1) is 0 Å². The lowest BCUT2D eigenvalue weighted by Crippen LogP contribution is -2.44. The maximum atomic E-state index is 13.6. The molecule has 2 fully saturated rings. The van der Waals surface area contributed by atoms with E-state index in [1.807, 2.05) is 66.6 Å². The number of amides is 2. The number of fused-ring (bicyclic) bond motifs is 1. The highest BCUT2D eigenvalue weighted by Gasteiger charge is 2.61.